The number of H-pyrrole nitrogens is 1. The van der Waals surface area contributed by atoms with E-state index in [1.54, 1.807) is 18.2 Å². The second-order valence-electron chi connectivity index (χ2n) is 7.43. The second-order valence-corrected chi connectivity index (χ2v) is 8.27. The van der Waals surface area contributed by atoms with Crippen molar-refractivity contribution in [2.24, 2.45) is 0 Å². The number of nitrogens with one attached hydrogen (secondary N) is 1. The topological polar surface area (TPSA) is 36.1 Å². The Hall–Kier alpha value is -1.81. The zero-order chi connectivity index (χ0) is 19.0. The van der Waals surface area contributed by atoms with Gasteiger partial charge in [0.05, 0.1) is 5.02 Å². The van der Waals surface area contributed by atoms with E-state index in [0.29, 0.717) is 27.9 Å². The molecular formula is C22H22Cl2N2O. The first-order chi connectivity index (χ1) is 13.0. The number of aromatic amines is 1. The van der Waals surface area contributed by atoms with Crippen LogP contribution in [-0.4, -0.2) is 35.8 Å². The third kappa shape index (κ3) is 3.91. The number of ketones is 1. The fourth-order valence-electron chi connectivity index (χ4n) is 3.95. The molecule has 140 valence electrons. The monoisotopic (exact) mass is 400 g/mol. The van der Waals surface area contributed by atoms with Gasteiger partial charge in [-0.2, -0.15) is 0 Å². The minimum atomic E-state index is 0.00685. The maximum Gasteiger partial charge on any atom is 0.168 e. The molecule has 1 saturated heterocycles. The number of piperidine rings is 1. The number of carbonyl (C=O) groups excluding carboxylic acids is 1. The summed E-state index contributed by atoms with van der Waals surface area (Å²) < 4.78 is 0. The van der Waals surface area contributed by atoms with Crippen LogP contribution >= 0.6 is 23.2 Å². The third-order valence-corrected chi connectivity index (χ3v) is 6.08. The minimum absolute atomic E-state index is 0.00685. The Balaban J connectivity index is 1.59. The number of Topliss-reactive ketones (excluding diaryl/α,β-unsaturated/α-hetero) is 1. The van der Waals surface area contributed by atoms with E-state index in [9.17, 15) is 4.79 Å². The van der Waals surface area contributed by atoms with Crippen LogP contribution in [0.2, 0.25) is 10.0 Å². The summed E-state index contributed by atoms with van der Waals surface area (Å²) in [7, 11) is 2.18. The summed E-state index contributed by atoms with van der Waals surface area (Å²) in [4.78, 5) is 18.5. The molecule has 2 aromatic carbocycles. The van der Waals surface area contributed by atoms with E-state index in [2.05, 4.69) is 35.3 Å². The van der Waals surface area contributed by atoms with Crippen LogP contribution in [0.4, 0.5) is 0 Å². The Morgan fingerprint density at radius 3 is 2.67 bits per heavy atom. The first-order valence-corrected chi connectivity index (χ1v) is 10.0. The number of benzene rings is 2. The van der Waals surface area contributed by atoms with Gasteiger partial charge in [-0.25, -0.2) is 0 Å². The summed E-state index contributed by atoms with van der Waals surface area (Å²) in [5.41, 5.74) is 4.03. The van der Waals surface area contributed by atoms with Crippen molar-refractivity contribution in [2.45, 2.75) is 25.2 Å². The number of hydrogen-bond donors (Lipinski definition) is 1. The normalized spacial score (nSPS) is 16.1. The zero-order valence-electron chi connectivity index (χ0n) is 15.3. The first-order valence-electron chi connectivity index (χ1n) is 9.28. The molecule has 0 amide bonds. The third-order valence-electron chi connectivity index (χ3n) is 5.53. The molecule has 1 fully saturated rings. The van der Waals surface area contributed by atoms with E-state index in [1.807, 2.05) is 6.07 Å². The summed E-state index contributed by atoms with van der Waals surface area (Å²) in [5.74, 6) is 0.582. The molecule has 0 aliphatic carbocycles. The molecule has 0 radical (unpaired) electrons. The highest BCUT2D eigenvalue weighted by atomic mass is 35.5. The van der Waals surface area contributed by atoms with Crippen LogP contribution in [-0.2, 0) is 6.42 Å². The van der Waals surface area contributed by atoms with E-state index in [1.165, 1.54) is 23.8 Å². The highest BCUT2D eigenvalue weighted by molar-refractivity contribution is 6.36. The van der Waals surface area contributed by atoms with E-state index in [-0.39, 0.29) is 5.78 Å². The summed E-state index contributed by atoms with van der Waals surface area (Å²) in [6.45, 7) is 2.26. The molecule has 1 aromatic heterocycles. The van der Waals surface area contributed by atoms with Gasteiger partial charge in [0.25, 0.3) is 0 Å². The van der Waals surface area contributed by atoms with Crippen molar-refractivity contribution in [1.82, 2.24) is 9.88 Å². The van der Waals surface area contributed by atoms with Crippen molar-refractivity contribution < 1.29 is 4.79 Å². The molecule has 1 N–H and O–H groups in total. The van der Waals surface area contributed by atoms with Crippen LogP contribution in [0.3, 0.4) is 0 Å². The quantitative estimate of drug-likeness (QED) is 0.569. The number of fused-ring (bicyclic) bond motifs is 1. The Labute approximate surface area is 169 Å². The van der Waals surface area contributed by atoms with Crippen LogP contribution in [0.1, 0.15) is 40.2 Å². The lowest BCUT2D eigenvalue weighted by atomic mass is 9.89. The molecule has 5 heteroatoms. The van der Waals surface area contributed by atoms with Crippen molar-refractivity contribution in [2.75, 3.05) is 20.1 Å². The molecule has 0 atom stereocenters. The van der Waals surface area contributed by atoms with Gasteiger partial charge in [0.15, 0.2) is 5.78 Å². The van der Waals surface area contributed by atoms with E-state index in [0.717, 1.165) is 24.2 Å². The number of hydrogen-bond acceptors (Lipinski definition) is 2. The molecule has 2 heterocycles. The summed E-state index contributed by atoms with van der Waals surface area (Å²) in [5, 5.41) is 2.17. The Morgan fingerprint density at radius 1 is 1.15 bits per heavy atom. The smallest absolute Gasteiger partial charge is 0.168 e. The molecule has 3 nitrogen and oxygen atoms in total. The second kappa shape index (κ2) is 7.67. The molecular weight excluding hydrogens is 379 g/mol. The van der Waals surface area contributed by atoms with Gasteiger partial charge in [-0.15, -0.1) is 0 Å². The molecule has 1 aliphatic rings. The predicted octanol–water partition coefficient (Wildman–Crippen LogP) is 5.71. The highest BCUT2D eigenvalue weighted by Crippen LogP contribution is 2.33. The van der Waals surface area contributed by atoms with Crippen molar-refractivity contribution >= 4 is 39.9 Å². The van der Waals surface area contributed by atoms with Gasteiger partial charge in [0.1, 0.15) is 0 Å². The molecule has 4 rings (SSSR count). The summed E-state index contributed by atoms with van der Waals surface area (Å²) in [6.07, 6.45) is 4.82. The lowest BCUT2D eigenvalue weighted by molar-refractivity contribution is 0.0993. The van der Waals surface area contributed by atoms with Crippen molar-refractivity contribution in [3.63, 3.8) is 0 Å². The van der Waals surface area contributed by atoms with Crippen LogP contribution in [0.5, 0.6) is 0 Å². The van der Waals surface area contributed by atoms with Crippen molar-refractivity contribution in [3.05, 3.63) is 69.3 Å². The van der Waals surface area contributed by atoms with Crippen LogP contribution in [0.25, 0.3) is 10.9 Å². The number of halogens is 2. The number of nitrogens with zero attached hydrogens (tertiary/aromatic N) is 1. The van der Waals surface area contributed by atoms with Crippen LogP contribution < -0.4 is 0 Å². The fraction of sp³-hybridized carbons (Fsp3) is 0.318. The Kier molecular flexibility index (Phi) is 5.27. The lowest BCUT2D eigenvalue weighted by Crippen LogP contribution is -2.29. The number of carbonyl (C=O) groups is 1. The largest absolute Gasteiger partial charge is 0.361 e. The van der Waals surface area contributed by atoms with E-state index in [4.69, 9.17) is 23.2 Å². The average Bonchev–Trinajstić information content (AvgIpc) is 3.05. The summed E-state index contributed by atoms with van der Waals surface area (Å²) >= 11 is 12.1. The summed E-state index contributed by atoms with van der Waals surface area (Å²) in [6, 6.07) is 11.3. The van der Waals surface area contributed by atoms with Gasteiger partial charge in [-0.05, 0) is 80.4 Å². The SMILES string of the molecule is CN1CCC(c2c[nH]c3ccc(CC(=O)c4ccc(Cl)cc4Cl)cc23)CC1. The first kappa shape index (κ1) is 18.5. The standard InChI is InChI=1S/C22H22Cl2N2O/c1-26-8-6-15(7-9-26)19-13-25-21-5-2-14(10-18(19)21)11-22(27)17-4-3-16(23)12-20(17)24/h2-5,10,12-13,15,25H,6-9,11H2,1H3. The van der Waals surface area contributed by atoms with Gasteiger partial charge in [-0.3, -0.25) is 4.79 Å². The van der Waals surface area contributed by atoms with Crippen molar-refractivity contribution in [3.8, 4) is 0 Å². The minimum Gasteiger partial charge on any atom is -0.361 e. The molecule has 27 heavy (non-hydrogen) atoms. The Bertz CT molecular complexity index is 987. The molecule has 1 aliphatic heterocycles. The number of rotatable bonds is 4. The van der Waals surface area contributed by atoms with Crippen LogP contribution in [0, 0.1) is 0 Å². The van der Waals surface area contributed by atoms with Gasteiger partial charge in [-0.1, -0.05) is 29.3 Å². The van der Waals surface area contributed by atoms with Gasteiger partial charge in [0, 0.05) is 34.1 Å². The van der Waals surface area contributed by atoms with Crippen molar-refractivity contribution in [1.29, 1.82) is 0 Å². The molecule has 0 bridgehead atoms. The molecule has 0 spiro atoms. The van der Waals surface area contributed by atoms with Gasteiger partial charge < -0.3 is 9.88 Å². The number of likely N-dealkylation sites (tertiary alicyclic amines) is 1. The molecule has 0 saturated carbocycles. The maximum atomic E-state index is 12.7. The van der Waals surface area contributed by atoms with Gasteiger partial charge >= 0.3 is 0 Å². The van der Waals surface area contributed by atoms with E-state index >= 15 is 0 Å². The highest BCUT2D eigenvalue weighted by Gasteiger charge is 2.21. The molecule has 0 unspecified atom stereocenters. The fourth-order valence-corrected chi connectivity index (χ4v) is 4.47. The number of aromatic nitrogens is 1. The maximum absolute atomic E-state index is 12.7. The predicted molar refractivity (Wildman–Crippen MR) is 112 cm³/mol. The van der Waals surface area contributed by atoms with Gasteiger partial charge in [0.2, 0.25) is 0 Å². The van der Waals surface area contributed by atoms with Crippen LogP contribution in [0.15, 0.2) is 42.6 Å². The molecule has 3 aromatic rings. The Morgan fingerprint density at radius 2 is 1.93 bits per heavy atom. The van der Waals surface area contributed by atoms with E-state index < -0.39 is 0 Å². The average molecular weight is 401 g/mol. The lowest BCUT2D eigenvalue weighted by Gasteiger charge is -2.28. The zero-order valence-corrected chi connectivity index (χ0v) is 16.8.